The summed E-state index contributed by atoms with van der Waals surface area (Å²) in [5.41, 5.74) is 0.896. The molecule has 0 spiro atoms. The Hall–Kier alpha value is -1.55. The van der Waals surface area contributed by atoms with Crippen LogP contribution in [0.25, 0.3) is 0 Å². The van der Waals surface area contributed by atoms with E-state index < -0.39 is 0 Å². The van der Waals surface area contributed by atoms with Crippen LogP contribution in [0.15, 0.2) is 18.2 Å². The molecule has 0 radical (unpaired) electrons. The van der Waals surface area contributed by atoms with Crippen LogP contribution in [-0.4, -0.2) is 33.2 Å². The molecule has 1 aromatic rings. The Bertz CT molecular complexity index is 374. The van der Waals surface area contributed by atoms with E-state index in [2.05, 4.69) is 0 Å². The fraction of sp³-hybridized carbons (Fsp3) is 0.462. The lowest BCUT2D eigenvalue weighted by Crippen LogP contribution is -2.11. The third kappa shape index (κ3) is 4.07. The second-order valence-corrected chi connectivity index (χ2v) is 3.54. The molecule has 0 unspecified atom stereocenters. The summed E-state index contributed by atoms with van der Waals surface area (Å²) in [7, 11) is 3.15. The van der Waals surface area contributed by atoms with E-state index in [0.29, 0.717) is 24.5 Å². The van der Waals surface area contributed by atoms with Crippen molar-refractivity contribution in [1.82, 2.24) is 0 Å². The van der Waals surface area contributed by atoms with Crippen LogP contribution in [0, 0.1) is 0 Å². The maximum absolute atomic E-state index is 11.5. The molecule has 4 nitrogen and oxygen atoms in total. The Kier molecular flexibility index (Phi) is 5.49. The van der Waals surface area contributed by atoms with Gasteiger partial charge in [-0.05, 0) is 24.6 Å². The molecular formula is C13H18O4. The molecule has 0 N–H and O–H groups in total. The number of hydrogen-bond acceptors (Lipinski definition) is 4. The number of ketones is 1. The van der Waals surface area contributed by atoms with Crippen LogP contribution in [0.2, 0.25) is 0 Å². The third-order valence-electron chi connectivity index (χ3n) is 2.32. The van der Waals surface area contributed by atoms with Gasteiger partial charge in [-0.15, -0.1) is 0 Å². The van der Waals surface area contributed by atoms with Gasteiger partial charge in [0.05, 0.1) is 14.2 Å². The van der Waals surface area contributed by atoms with Crippen molar-refractivity contribution in [3.8, 4) is 11.5 Å². The molecule has 0 aliphatic carbocycles. The molecule has 0 fully saturated rings. The van der Waals surface area contributed by atoms with Gasteiger partial charge < -0.3 is 14.2 Å². The summed E-state index contributed by atoms with van der Waals surface area (Å²) in [6.07, 6.45) is 0.348. The van der Waals surface area contributed by atoms with E-state index in [1.54, 1.807) is 20.3 Å². The van der Waals surface area contributed by atoms with E-state index >= 15 is 0 Å². The zero-order chi connectivity index (χ0) is 12.7. The van der Waals surface area contributed by atoms with Gasteiger partial charge in [-0.25, -0.2) is 0 Å². The molecule has 0 saturated carbocycles. The van der Waals surface area contributed by atoms with Crippen LogP contribution in [0.5, 0.6) is 11.5 Å². The molecule has 0 amide bonds. The minimum Gasteiger partial charge on any atom is -0.493 e. The number of Topliss-reactive ketones (excluding diaryl/α,β-unsaturated/α-hetero) is 1. The van der Waals surface area contributed by atoms with Crippen molar-refractivity contribution in [3.05, 3.63) is 23.8 Å². The number of ether oxygens (including phenoxy) is 3. The lowest BCUT2D eigenvalue weighted by molar-refractivity contribution is -0.122. The van der Waals surface area contributed by atoms with Crippen LogP contribution in [0.3, 0.4) is 0 Å². The van der Waals surface area contributed by atoms with Gasteiger partial charge in [-0.2, -0.15) is 0 Å². The number of rotatable bonds is 7. The Morgan fingerprint density at radius 2 is 1.88 bits per heavy atom. The van der Waals surface area contributed by atoms with E-state index in [-0.39, 0.29) is 12.4 Å². The minimum atomic E-state index is 0.0547. The SMILES string of the molecule is CCOCC(=O)Cc1ccc(OC)c(OC)c1. The summed E-state index contributed by atoms with van der Waals surface area (Å²) in [6.45, 7) is 2.58. The normalized spacial score (nSPS) is 10.1. The molecule has 1 rings (SSSR count). The Labute approximate surface area is 101 Å². The molecule has 1 aromatic carbocycles. The van der Waals surface area contributed by atoms with Gasteiger partial charge >= 0.3 is 0 Å². The molecular weight excluding hydrogens is 220 g/mol. The molecule has 0 aliphatic heterocycles. The second-order valence-electron chi connectivity index (χ2n) is 3.54. The highest BCUT2D eigenvalue weighted by molar-refractivity contribution is 5.82. The molecule has 94 valence electrons. The quantitative estimate of drug-likeness (QED) is 0.727. The van der Waals surface area contributed by atoms with E-state index in [1.807, 2.05) is 19.1 Å². The van der Waals surface area contributed by atoms with Gasteiger partial charge in [0.2, 0.25) is 0 Å². The summed E-state index contributed by atoms with van der Waals surface area (Å²) < 4.78 is 15.4. The maximum Gasteiger partial charge on any atom is 0.162 e. The van der Waals surface area contributed by atoms with Gasteiger partial charge in [-0.3, -0.25) is 4.79 Å². The Balaban J connectivity index is 2.68. The zero-order valence-corrected chi connectivity index (χ0v) is 10.5. The van der Waals surface area contributed by atoms with E-state index in [0.717, 1.165) is 5.56 Å². The summed E-state index contributed by atoms with van der Waals surface area (Å²) in [5, 5.41) is 0. The Morgan fingerprint density at radius 3 is 2.47 bits per heavy atom. The smallest absolute Gasteiger partial charge is 0.162 e. The largest absolute Gasteiger partial charge is 0.493 e. The number of methoxy groups -OCH3 is 2. The fourth-order valence-electron chi connectivity index (χ4n) is 1.49. The first-order valence-corrected chi connectivity index (χ1v) is 5.51. The topological polar surface area (TPSA) is 44.8 Å². The standard InChI is InChI=1S/C13H18O4/c1-4-17-9-11(14)7-10-5-6-12(15-2)13(8-10)16-3/h5-6,8H,4,7,9H2,1-3H3. The van der Waals surface area contributed by atoms with E-state index in [1.165, 1.54) is 0 Å². The first-order valence-electron chi connectivity index (χ1n) is 5.51. The molecule has 0 heterocycles. The molecule has 0 saturated heterocycles. The van der Waals surface area contributed by atoms with Crippen molar-refractivity contribution in [2.24, 2.45) is 0 Å². The van der Waals surface area contributed by atoms with Gasteiger partial charge in [0.25, 0.3) is 0 Å². The van der Waals surface area contributed by atoms with Gasteiger partial charge in [0.1, 0.15) is 6.61 Å². The van der Waals surface area contributed by atoms with Crippen LogP contribution >= 0.6 is 0 Å². The van der Waals surface area contributed by atoms with E-state index in [9.17, 15) is 4.79 Å². The number of carbonyl (C=O) groups is 1. The summed E-state index contributed by atoms with van der Waals surface area (Å²) in [5.74, 6) is 1.35. The first kappa shape index (κ1) is 13.5. The maximum atomic E-state index is 11.5. The van der Waals surface area contributed by atoms with Gasteiger partial charge in [-0.1, -0.05) is 6.07 Å². The van der Waals surface area contributed by atoms with Crippen LogP contribution in [0.4, 0.5) is 0 Å². The molecule has 4 heteroatoms. The van der Waals surface area contributed by atoms with Crippen LogP contribution < -0.4 is 9.47 Å². The number of hydrogen-bond donors (Lipinski definition) is 0. The van der Waals surface area contributed by atoms with Crippen molar-refractivity contribution in [2.45, 2.75) is 13.3 Å². The van der Waals surface area contributed by atoms with Gasteiger partial charge in [0, 0.05) is 13.0 Å². The monoisotopic (exact) mass is 238 g/mol. The molecule has 0 aromatic heterocycles. The van der Waals surface area contributed by atoms with Crippen molar-refractivity contribution in [2.75, 3.05) is 27.4 Å². The molecule has 17 heavy (non-hydrogen) atoms. The second kappa shape index (κ2) is 6.91. The van der Waals surface area contributed by atoms with Crippen LogP contribution in [-0.2, 0) is 16.0 Å². The number of carbonyl (C=O) groups excluding carboxylic acids is 1. The zero-order valence-electron chi connectivity index (χ0n) is 10.5. The predicted octanol–water partition coefficient (Wildman–Crippen LogP) is 1.85. The average Bonchev–Trinajstić information content (AvgIpc) is 2.36. The van der Waals surface area contributed by atoms with Gasteiger partial charge in [0.15, 0.2) is 17.3 Å². The van der Waals surface area contributed by atoms with Crippen molar-refractivity contribution in [3.63, 3.8) is 0 Å². The third-order valence-corrected chi connectivity index (χ3v) is 2.32. The summed E-state index contributed by atoms with van der Waals surface area (Å²) in [4.78, 5) is 11.5. The van der Waals surface area contributed by atoms with Crippen molar-refractivity contribution < 1.29 is 19.0 Å². The highest BCUT2D eigenvalue weighted by Crippen LogP contribution is 2.27. The van der Waals surface area contributed by atoms with Crippen molar-refractivity contribution in [1.29, 1.82) is 0 Å². The van der Waals surface area contributed by atoms with Crippen molar-refractivity contribution >= 4 is 5.78 Å². The highest BCUT2D eigenvalue weighted by atomic mass is 16.5. The predicted molar refractivity (Wildman–Crippen MR) is 64.8 cm³/mol. The lowest BCUT2D eigenvalue weighted by atomic mass is 10.1. The minimum absolute atomic E-state index is 0.0547. The number of benzene rings is 1. The average molecular weight is 238 g/mol. The first-order chi connectivity index (χ1) is 8.21. The fourth-order valence-corrected chi connectivity index (χ4v) is 1.49. The lowest BCUT2D eigenvalue weighted by Gasteiger charge is -2.09. The summed E-state index contributed by atoms with van der Waals surface area (Å²) in [6, 6.07) is 5.45. The van der Waals surface area contributed by atoms with Crippen LogP contribution in [0.1, 0.15) is 12.5 Å². The van der Waals surface area contributed by atoms with E-state index in [4.69, 9.17) is 14.2 Å². The molecule has 0 atom stereocenters. The molecule has 0 aliphatic rings. The summed E-state index contributed by atoms with van der Waals surface area (Å²) >= 11 is 0. The highest BCUT2D eigenvalue weighted by Gasteiger charge is 2.08. The Morgan fingerprint density at radius 1 is 1.18 bits per heavy atom. The molecule has 0 bridgehead atoms.